The Morgan fingerprint density at radius 2 is 1.77 bits per heavy atom. The van der Waals surface area contributed by atoms with Crippen molar-refractivity contribution in [2.75, 3.05) is 6.54 Å². The number of fused-ring (bicyclic) bond motifs is 1. The number of nitrogens with zero attached hydrogens (tertiary/aromatic N) is 1. The van der Waals surface area contributed by atoms with Gasteiger partial charge < -0.3 is 20.5 Å². The van der Waals surface area contributed by atoms with Crippen LogP contribution in [0.1, 0.15) is 65.0 Å². The Hall–Kier alpha value is -3.45. The SMILES string of the molecule is CCC1(CC)CC(=O)N(CC2C(C(=O)N[C@H]3CC(C)(C)Oc4ccccc43)C2(F)F)C(=N)N1.O=C(O)C(F)(F)F. The summed E-state index contributed by atoms with van der Waals surface area (Å²) in [5, 5.41) is 21.2. The van der Waals surface area contributed by atoms with Gasteiger partial charge >= 0.3 is 12.1 Å². The molecule has 1 aromatic carbocycles. The Labute approximate surface area is 227 Å². The molecule has 1 aliphatic carbocycles. The molecular formula is C26H33F5N4O5. The van der Waals surface area contributed by atoms with Crippen LogP contribution in [0.15, 0.2) is 24.3 Å². The van der Waals surface area contributed by atoms with E-state index in [1.54, 1.807) is 6.07 Å². The number of halogens is 5. The molecule has 2 heterocycles. The van der Waals surface area contributed by atoms with Gasteiger partial charge in [0.15, 0.2) is 5.96 Å². The number of carboxylic acid groups (broad SMARTS) is 1. The minimum absolute atomic E-state index is 0.144. The van der Waals surface area contributed by atoms with E-state index in [9.17, 15) is 31.5 Å². The zero-order chi connectivity index (χ0) is 30.3. The first-order valence-corrected chi connectivity index (χ1v) is 12.8. The van der Waals surface area contributed by atoms with Gasteiger partial charge in [0.05, 0.1) is 18.4 Å². The van der Waals surface area contributed by atoms with E-state index in [1.807, 2.05) is 45.9 Å². The number of carboxylic acids is 1. The van der Waals surface area contributed by atoms with Gasteiger partial charge in [0, 0.05) is 24.1 Å². The van der Waals surface area contributed by atoms with Gasteiger partial charge in [-0.1, -0.05) is 32.0 Å². The molecule has 0 bridgehead atoms. The average Bonchev–Trinajstić information content (AvgIpc) is 3.39. The number of guanidine groups is 1. The predicted octanol–water partition coefficient (Wildman–Crippen LogP) is 4.24. The largest absolute Gasteiger partial charge is 0.490 e. The Balaban J connectivity index is 0.000000559. The number of nitrogens with one attached hydrogen (secondary N) is 3. The van der Waals surface area contributed by atoms with Crippen LogP contribution in [0.5, 0.6) is 5.75 Å². The van der Waals surface area contributed by atoms with E-state index in [-0.39, 0.29) is 24.8 Å². The standard InChI is InChI=1S/C24H32F2N4O3.C2HF3O2/c1-5-23(6-2)12-18(31)30(21(27)29-23)13-15-19(24(15,25)26)20(32)28-16-11-22(3,4)33-17-10-8-7-9-14(16)17;3-2(4,5)1(6)7/h7-10,15-16,19H,5-6,11-13H2,1-4H3,(H2,27,29)(H,28,32);(H,6,7)/t15?,16-,19?;/m0./s1. The highest BCUT2D eigenvalue weighted by atomic mass is 19.4. The molecule has 2 unspecified atom stereocenters. The molecule has 0 radical (unpaired) electrons. The third-order valence-corrected chi connectivity index (χ3v) is 7.60. The first-order chi connectivity index (χ1) is 18.4. The number of carbonyl (C=O) groups is 3. The normalized spacial score (nSPS) is 25.8. The third-order valence-electron chi connectivity index (χ3n) is 7.60. The van der Waals surface area contributed by atoms with Crippen molar-refractivity contribution in [1.82, 2.24) is 15.5 Å². The van der Waals surface area contributed by atoms with Gasteiger partial charge in [-0.3, -0.25) is 19.9 Å². The van der Waals surface area contributed by atoms with Crippen LogP contribution in [0.25, 0.3) is 0 Å². The first kappa shape index (κ1) is 31.1. The second-order valence-electron chi connectivity index (χ2n) is 10.9. The van der Waals surface area contributed by atoms with Gasteiger partial charge in [0.25, 0.3) is 5.92 Å². The van der Waals surface area contributed by atoms with Gasteiger partial charge in [-0.25, -0.2) is 13.6 Å². The number of aliphatic carboxylic acids is 1. The number of ether oxygens (including phenoxy) is 1. The lowest BCUT2D eigenvalue weighted by atomic mass is 9.87. The highest BCUT2D eigenvalue weighted by Gasteiger charge is 2.72. The van der Waals surface area contributed by atoms with Crippen LogP contribution in [0.3, 0.4) is 0 Å². The smallest absolute Gasteiger partial charge is 0.487 e. The van der Waals surface area contributed by atoms with Crippen LogP contribution in [-0.4, -0.2) is 63.5 Å². The van der Waals surface area contributed by atoms with Crippen LogP contribution in [0.4, 0.5) is 22.0 Å². The average molecular weight is 577 g/mol. The van der Waals surface area contributed by atoms with Crippen molar-refractivity contribution < 1.29 is 46.2 Å². The number of rotatable bonds is 6. The molecule has 2 aliphatic heterocycles. The zero-order valence-corrected chi connectivity index (χ0v) is 22.5. The molecule has 222 valence electrons. The fraction of sp³-hybridized carbons (Fsp3) is 0.615. The molecule has 3 aliphatic rings. The molecule has 40 heavy (non-hydrogen) atoms. The molecule has 4 rings (SSSR count). The molecule has 3 atom stereocenters. The van der Waals surface area contributed by atoms with Gasteiger partial charge in [-0.2, -0.15) is 13.2 Å². The summed E-state index contributed by atoms with van der Waals surface area (Å²) >= 11 is 0. The van der Waals surface area contributed by atoms with E-state index in [2.05, 4.69) is 10.6 Å². The van der Waals surface area contributed by atoms with E-state index < -0.39 is 53.0 Å². The van der Waals surface area contributed by atoms with E-state index in [0.717, 1.165) is 10.5 Å². The third kappa shape index (κ3) is 6.47. The lowest BCUT2D eigenvalue weighted by molar-refractivity contribution is -0.192. The second-order valence-corrected chi connectivity index (χ2v) is 10.9. The number of amides is 2. The Bertz CT molecular complexity index is 1150. The van der Waals surface area contributed by atoms with E-state index in [1.165, 1.54) is 0 Å². The topological polar surface area (TPSA) is 132 Å². The Morgan fingerprint density at radius 1 is 1.20 bits per heavy atom. The molecule has 9 nitrogen and oxygen atoms in total. The van der Waals surface area contributed by atoms with Crippen molar-refractivity contribution in [3.8, 4) is 5.75 Å². The quantitative estimate of drug-likeness (QED) is 0.375. The fourth-order valence-corrected chi connectivity index (χ4v) is 5.11. The monoisotopic (exact) mass is 576 g/mol. The van der Waals surface area contributed by atoms with Crippen LogP contribution in [0, 0.1) is 17.2 Å². The van der Waals surface area contributed by atoms with Crippen molar-refractivity contribution in [1.29, 1.82) is 5.41 Å². The highest BCUT2D eigenvalue weighted by Crippen LogP contribution is 2.56. The Kier molecular flexibility index (Phi) is 8.43. The number of benzene rings is 1. The molecule has 1 saturated carbocycles. The van der Waals surface area contributed by atoms with E-state index in [0.29, 0.717) is 25.0 Å². The predicted molar refractivity (Wildman–Crippen MR) is 133 cm³/mol. The molecule has 2 amide bonds. The maximum absolute atomic E-state index is 14.7. The minimum Gasteiger partial charge on any atom is -0.487 e. The van der Waals surface area contributed by atoms with Crippen LogP contribution in [-0.2, 0) is 14.4 Å². The van der Waals surface area contributed by atoms with Crippen LogP contribution in [0.2, 0.25) is 0 Å². The molecule has 0 spiro atoms. The summed E-state index contributed by atoms with van der Waals surface area (Å²) in [4.78, 5) is 35.6. The first-order valence-electron chi connectivity index (χ1n) is 12.8. The maximum Gasteiger partial charge on any atom is 0.490 e. The summed E-state index contributed by atoms with van der Waals surface area (Å²) < 4.78 is 67.1. The van der Waals surface area contributed by atoms with E-state index in [4.69, 9.17) is 20.0 Å². The summed E-state index contributed by atoms with van der Waals surface area (Å²) in [7, 11) is 0. The van der Waals surface area contributed by atoms with Gasteiger partial charge in [-0.05, 0) is 32.8 Å². The maximum atomic E-state index is 14.7. The van der Waals surface area contributed by atoms with Crippen molar-refractivity contribution >= 4 is 23.7 Å². The lowest BCUT2D eigenvalue weighted by Crippen LogP contribution is -2.62. The summed E-state index contributed by atoms with van der Waals surface area (Å²) in [6, 6.07) is 6.83. The molecule has 4 N–H and O–H groups in total. The molecule has 2 fully saturated rings. The second kappa shape index (κ2) is 10.8. The Morgan fingerprint density at radius 3 is 2.30 bits per heavy atom. The molecule has 1 aromatic rings. The molecule has 14 heteroatoms. The van der Waals surface area contributed by atoms with Crippen LogP contribution < -0.4 is 15.4 Å². The van der Waals surface area contributed by atoms with Crippen molar-refractivity contribution in [3.05, 3.63) is 29.8 Å². The highest BCUT2D eigenvalue weighted by molar-refractivity contribution is 5.99. The molecular weight excluding hydrogens is 543 g/mol. The summed E-state index contributed by atoms with van der Waals surface area (Å²) in [6.45, 7) is 7.29. The van der Waals surface area contributed by atoms with Crippen molar-refractivity contribution in [2.45, 2.75) is 82.7 Å². The number of hydrogen-bond acceptors (Lipinski definition) is 5. The van der Waals surface area contributed by atoms with Gasteiger partial charge in [0.2, 0.25) is 11.8 Å². The minimum atomic E-state index is -5.08. The van der Waals surface area contributed by atoms with Crippen molar-refractivity contribution in [2.24, 2.45) is 11.8 Å². The van der Waals surface area contributed by atoms with Crippen molar-refractivity contribution in [3.63, 3.8) is 0 Å². The summed E-state index contributed by atoms with van der Waals surface area (Å²) in [6.07, 6.45) is -3.18. The van der Waals surface area contributed by atoms with Gasteiger partial charge in [-0.15, -0.1) is 0 Å². The number of hydrogen-bond donors (Lipinski definition) is 4. The fourth-order valence-electron chi connectivity index (χ4n) is 5.11. The lowest BCUT2D eigenvalue weighted by Gasteiger charge is -2.42. The molecule has 1 saturated heterocycles. The van der Waals surface area contributed by atoms with Crippen LogP contribution >= 0.6 is 0 Å². The summed E-state index contributed by atoms with van der Waals surface area (Å²) in [5.41, 5.74) is -0.307. The zero-order valence-electron chi connectivity index (χ0n) is 22.5. The summed E-state index contributed by atoms with van der Waals surface area (Å²) in [5.74, 6) is -9.46. The number of para-hydroxylation sites is 1. The van der Waals surface area contributed by atoms with E-state index >= 15 is 0 Å². The van der Waals surface area contributed by atoms with Gasteiger partial charge in [0.1, 0.15) is 17.3 Å². The number of alkyl halides is 5. The number of carbonyl (C=O) groups excluding carboxylic acids is 2. The molecule has 0 aromatic heterocycles.